The predicted octanol–water partition coefficient (Wildman–Crippen LogP) is 3.20. The number of anilines is 2. The van der Waals surface area contributed by atoms with Crippen molar-refractivity contribution in [1.82, 2.24) is 4.90 Å². The number of amides is 1. The fourth-order valence-electron chi connectivity index (χ4n) is 3.59. The number of carbonyl (C=O) groups is 2. The summed E-state index contributed by atoms with van der Waals surface area (Å²) in [6.45, 7) is 7.97. The van der Waals surface area contributed by atoms with E-state index >= 15 is 0 Å². The molecular formula is C24H31N3O4. The Hall–Kier alpha value is -2.90. The Morgan fingerprint density at radius 2 is 1.84 bits per heavy atom. The van der Waals surface area contributed by atoms with Gasteiger partial charge in [0.15, 0.2) is 5.78 Å². The van der Waals surface area contributed by atoms with Gasteiger partial charge in [-0.2, -0.15) is 0 Å². The fourth-order valence-corrected chi connectivity index (χ4v) is 3.59. The average molecular weight is 426 g/mol. The highest BCUT2D eigenvalue weighted by Crippen LogP contribution is 2.23. The molecule has 7 nitrogen and oxygen atoms in total. The number of nitrogens with one attached hydrogen (secondary N) is 1. The van der Waals surface area contributed by atoms with Crippen LogP contribution in [0.4, 0.5) is 11.4 Å². The summed E-state index contributed by atoms with van der Waals surface area (Å²) in [7, 11) is 1.87. The molecule has 0 bridgehead atoms. The van der Waals surface area contributed by atoms with Crippen molar-refractivity contribution in [2.45, 2.75) is 20.4 Å². The molecule has 0 unspecified atom stereocenters. The van der Waals surface area contributed by atoms with Crippen LogP contribution >= 0.6 is 0 Å². The molecule has 0 atom stereocenters. The lowest BCUT2D eigenvalue weighted by atomic mass is 10.1. The number of carbonyl (C=O) groups excluding carboxylic acids is 2. The van der Waals surface area contributed by atoms with Crippen LogP contribution in [0.15, 0.2) is 42.5 Å². The van der Waals surface area contributed by atoms with Crippen LogP contribution in [0.5, 0.6) is 5.75 Å². The first-order valence-corrected chi connectivity index (χ1v) is 10.6. The molecule has 1 aliphatic rings. The van der Waals surface area contributed by atoms with E-state index in [0.717, 1.165) is 49.0 Å². The number of rotatable bonds is 9. The zero-order valence-electron chi connectivity index (χ0n) is 18.5. The second-order valence-electron chi connectivity index (χ2n) is 7.68. The Labute approximate surface area is 183 Å². The standard InChI is InChI=1S/C24H31N3O4/c1-4-31-23-10-5-19(18(2)28)15-20(23)16-26(3)17-24(29)25-21-6-8-22(9-7-21)27-11-13-30-14-12-27/h5-10,15H,4,11-14,16-17H2,1-3H3,(H,25,29). The summed E-state index contributed by atoms with van der Waals surface area (Å²) in [6, 6.07) is 13.3. The first-order chi connectivity index (χ1) is 15.0. The number of ether oxygens (including phenoxy) is 2. The van der Waals surface area contributed by atoms with Crippen molar-refractivity contribution in [3.8, 4) is 5.75 Å². The first-order valence-electron chi connectivity index (χ1n) is 10.6. The second kappa shape index (κ2) is 10.9. The molecule has 1 N–H and O–H groups in total. The van der Waals surface area contributed by atoms with Crippen LogP contribution in [0.3, 0.4) is 0 Å². The van der Waals surface area contributed by atoms with Crippen LogP contribution in [0.2, 0.25) is 0 Å². The van der Waals surface area contributed by atoms with Gasteiger partial charge in [0.2, 0.25) is 5.91 Å². The summed E-state index contributed by atoms with van der Waals surface area (Å²) < 4.78 is 11.1. The zero-order valence-corrected chi connectivity index (χ0v) is 18.5. The summed E-state index contributed by atoms with van der Waals surface area (Å²) >= 11 is 0. The molecule has 0 spiro atoms. The van der Waals surface area contributed by atoms with E-state index in [-0.39, 0.29) is 18.2 Å². The van der Waals surface area contributed by atoms with Crippen LogP contribution in [0, 0.1) is 0 Å². The minimum Gasteiger partial charge on any atom is -0.494 e. The average Bonchev–Trinajstić information content (AvgIpc) is 2.76. The third-order valence-electron chi connectivity index (χ3n) is 5.15. The van der Waals surface area contributed by atoms with Crippen molar-refractivity contribution < 1.29 is 19.1 Å². The molecule has 1 saturated heterocycles. The van der Waals surface area contributed by atoms with Gasteiger partial charge in [0.1, 0.15) is 5.75 Å². The summed E-state index contributed by atoms with van der Waals surface area (Å²) in [5, 5.41) is 2.95. The Balaban J connectivity index is 1.57. The molecule has 2 aromatic rings. The van der Waals surface area contributed by atoms with E-state index in [1.165, 1.54) is 0 Å². The van der Waals surface area contributed by atoms with E-state index in [9.17, 15) is 9.59 Å². The highest BCUT2D eigenvalue weighted by molar-refractivity contribution is 5.94. The highest BCUT2D eigenvalue weighted by Gasteiger charge is 2.14. The van der Waals surface area contributed by atoms with Crippen LogP contribution in [0.25, 0.3) is 0 Å². The number of likely N-dealkylation sites (N-methyl/N-ethyl adjacent to an activating group) is 1. The Bertz CT molecular complexity index is 892. The Kier molecular flexibility index (Phi) is 8.03. The number of nitrogens with zero attached hydrogens (tertiary/aromatic N) is 2. The molecule has 7 heteroatoms. The fraction of sp³-hybridized carbons (Fsp3) is 0.417. The minimum absolute atomic E-state index is 0.00483. The van der Waals surface area contributed by atoms with Gasteiger partial charge in [-0.15, -0.1) is 0 Å². The van der Waals surface area contributed by atoms with Gasteiger partial charge in [0.25, 0.3) is 0 Å². The van der Waals surface area contributed by atoms with Gasteiger partial charge in [0, 0.05) is 42.1 Å². The summed E-state index contributed by atoms with van der Waals surface area (Å²) in [4.78, 5) is 28.4. The molecule has 0 saturated carbocycles. The van der Waals surface area contributed by atoms with Gasteiger partial charge in [-0.1, -0.05) is 0 Å². The molecule has 166 valence electrons. The number of ketones is 1. The number of benzene rings is 2. The molecule has 1 heterocycles. The van der Waals surface area contributed by atoms with E-state index in [2.05, 4.69) is 10.2 Å². The van der Waals surface area contributed by atoms with Crippen molar-refractivity contribution in [1.29, 1.82) is 0 Å². The first kappa shape index (κ1) is 22.8. The molecule has 1 amide bonds. The Morgan fingerprint density at radius 3 is 2.48 bits per heavy atom. The molecular weight excluding hydrogens is 394 g/mol. The van der Waals surface area contributed by atoms with Crippen molar-refractivity contribution in [2.75, 3.05) is 56.7 Å². The van der Waals surface area contributed by atoms with E-state index < -0.39 is 0 Å². The van der Waals surface area contributed by atoms with Crippen LogP contribution in [0.1, 0.15) is 29.8 Å². The van der Waals surface area contributed by atoms with E-state index in [4.69, 9.17) is 9.47 Å². The minimum atomic E-state index is -0.0951. The highest BCUT2D eigenvalue weighted by atomic mass is 16.5. The lowest BCUT2D eigenvalue weighted by Crippen LogP contribution is -2.36. The number of morpholine rings is 1. The normalized spacial score (nSPS) is 13.9. The van der Waals surface area contributed by atoms with Gasteiger partial charge in [-0.25, -0.2) is 0 Å². The lowest BCUT2D eigenvalue weighted by molar-refractivity contribution is -0.117. The Morgan fingerprint density at radius 1 is 1.13 bits per heavy atom. The van der Waals surface area contributed by atoms with E-state index in [1.54, 1.807) is 13.0 Å². The summed E-state index contributed by atoms with van der Waals surface area (Å²) in [5.41, 5.74) is 3.42. The second-order valence-corrected chi connectivity index (χ2v) is 7.68. The van der Waals surface area contributed by atoms with Crippen molar-refractivity contribution in [3.63, 3.8) is 0 Å². The van der Waals surface area contributed by atoms with Crippen molar-refractivity contribution >= 4 is 23.1 Å². The van der Waals surface area contributed by atoms with Gasteiger partial charge in [-0.05, 0) is 63.4 Å². The monoisotopic (exact) mass is 425 g/mol. The van der Waals surface area contributed by atoms with Crippen LogP contribution < -0.4 is 15.0 Å². The largest absolute Gasteiger partial charge is 0.494 e. The van der Waals surface area contributed by atoms with Crippen molar-refractivity contribution in [2.24, 2.45) is 0 Å². The quantitative estimate of drug-likeness (QED) is 0.622. The van der Waals surface area contributed by atoms with Gasteiger partial charge >= 0.3 is 0 Å². The van der Waals surface area contributed by atoms with Gasteiger partial charge in [0.05, 0.1) is 26.4 Å². The molecule has 1 fully saturated rings. The lowest BCUT2D eigenvalue weighted by Gasteiger charge is -2.28. The summed E-state index contributed by atoms with van der Waals surface area (Å²) in [6.07, 6.45) is 0. The maximum atomic E-state index is 12.5. The van der Waals surface area contributed by atoms with Crippen LogP contribution in [-0.4, -0.2) is 63.1 Å². The SMILES string of the molecule is CCOc1ccc(C(C)=O)cc1CN(C)CC(=O)Nc1ccc(N2CCOCC2)cc1. The molecule has 0 radical (unpaired) electrons. The molecule has 0 aromatic heterocycles. The number of hydrogen-bond acceptors (Lipinski definition) is 6. The zero-order chi connectivity index (χ0) is 22.2. The summed E-state index contributed by atoms with van der Waals surface area (Å²) in [5.74, 6) is 0.644. The molecule has 1 aliphatic heterocycles. The molecule has 3 rings (SSSR count). The van der Waals surface area contributed by atoms with Crippen LogP contribution in [-0.2, 0) is 16.1 Å². The molecule has 31 heavy (non-hydrogen) atoms. The van der Waals surface area contributed by atoms with E-state index in [1.807, 2.05) is 55.3 Å². The predicted molar refractivity (Wildman–Crippen MR) is 122 cm³/mol. The molecule has 2 aromatic carbocycles. The molecule has 0 aliphatic carbocycles. The third-order valence-corrected chi connectivity index (χ3v) is 5.15. The third kappa shape index (κ3) is 6.54. The van der Waals surface area contributed by atoms with E-state index in [0.29, 0.717) is 18.7 Å². The maximum absolute atomic E-state index is 12.5. The topological polar surface area (TPSA) is 71.1 Å². The maximum Gasteiger partial charge on any atom is 0.238 e. The smallest absolute Gasteiger partial charge is 0.238 e. The number of hydrogen-bond donors (Lipinski definition) is 1. The van der Waals surface area contributed by atoms with Gasteiger partial charge in [-0.3, -0.25) is 14.5 Å². The van der Waals surface area contributed by atoms with Gasteiger partial charge < -0.3 is 19.7 Å². The number of Topliss-reactive ketones (excluding diaryl/α,β-unsaturated/α-hetero) is 1. The van der Waals surface area contributed by atoms with Crippen molar-refractivity contribution in [3.05, 3.63) is 53.6 Å².